The molecule has 0 saturated carbocycles. The summed E-state index contributed by atoms with van der Waals surface area (Å²) < 4.78 is 112. The molecule has 0 atom stereocenters. The van der Waals surface area contributed by atoms with Crippen molar-refractivity contribution >= 4 is 87.2 Å². The maximum atomic E-state index is 8.94. The van der Waals surface area contributed by atoms with Crippen LogP contribution in [0.15, 0.2) is 376 Å². The molecule has 0 aliphatic carbocycles. The molecule has 0 radical (unpaired) electrons. The molecule has 12 heteroatoms. The number of hydrogen-bond donors (Lipinski definition) is 0. The van der Waals surface area contributed by atoms with Crippen LogP contribution >= 0.6 is 0 Å². The first-order valence-electron chi connectivity index (χ1n) is 44.8. The number of pyridine rings is 2. The molecule has 22 aromatic rings. The summed E-state index contributed by atoms with van der Waals surface area (Å²) >= 11 is 0. The molecule has 0 aliphatic heterocycles. The fourth-order valence-corrected chi connectivity index (χ4v) is 16.6. The quantitative estimate of drug-likeness (QED) is 0.0714. The molecule has 0 spiro atoms. The van der Waals surface area contributed by atoms with Crippen molar-refractivity contribution in [2.75, 3.05) is 0 Å². The molecule has 10 nitrogen and oxygen atoms in total. The van der Waals surface area contributed by atoms with Gasteiger partial charge in [-0.1, -0.05) is 282 Å². The van der Waals surface area contributed by atoms with Gasteiger partial charge in [-0.25, -0.2) is 0 Å². The van der Waals surface area contributed by atoms with Crippen LogP contribution in [0.1, 0.15) is 64.4 Å². The Hall–Kier alpha value is -14.1. The van der Waals surface area contributed by atoms with Crippen LogP contribution < -0.4 is 18.6 Å². The average molecular weight is 1940 g/mol. The Labute approximate surface area is 750 Å². The summed E-state index contributed by atoms with van der Waals surface area (Å²) in [4.78, 5) is 9.51. The first kappa shape index (κ1) is 66.7. The molecule has 16 aromatic carbocycles. The van der Waals surface area contributed by atoms with E-state index in [0.717, 1.165) is 99.9 Å². The molecule has 0 N–H and O–H groups in total. The number of fused-ring (bicyclic) bond motifs is 10. The minimum atomic E-state index is -0.569. The zero-order valence-electron chi connectivity index (χ0n) is 76.2. The number of benzene rings is 16. The van der Waals surface area contributed by atoms with Crippen LogP contribution in [0, 0.1) is 36.9 Å². The predicted molar refractivity (Wildman–Crippen MR) is 485 cm³/mol. The third kappa shape index (κ3) is 14.2. The fraction of sp³-hybridized carbons (Fsp3) is 0.0545. The molecule has 0 amide bonds. The van der Waals surface area contributed by atoms with Crippen molar-refractivity contribution in [2.45, 2.75) is 39.5 Å². The van der Waals surface area contributed by atoms with Gasteiger partial charge in [-0.2, -0.15) is 24.3 Å². The molecule has 0 saturated heterocycles. The van der Waals surface area contributed by atoms with Crippen molar-refractivity contribution in [1.82, 2.24) is 28.2 Å². The normalized spacial score (nSPS) is 12.6. The minimum absolute atomic E-state index is 0. The van der Waals surface area contributed by atoms with Gasteiger partial charge in [0, 0.05) is 99.1 Å². The van der Waals surface area contributed by atoms with E-state index in [-0.39, 0.29) is 70.1 Å². The average Bonchev–Trinajstić information content (AvgIpc) is 1.49. The third-order valence-corrected chi connectivity index (χ3v) is 22.2. The number of ether oxygens (including phenoxy) is 2. The van der Waals surface area contributed by atoms with Gasteiger partial charge in [-0.3, -0.25) is 9.13 Å². The molecule has 6 heterocycles. The van der Waals surface area contributed by atoms with Crippen LogP contribution in [0.5, 0.6) is 23.0 Å². The summed E-state index contributed by atoms with van der Waals surface area (Å²) in [6, 6.07) is 111. The Bertz CT molecular complexity index is 8010. The van der Waals surface area contributed by atoms with Crippen LogP contribution in [0.2, 0.25) is 0 Å². The Morgan fingerprint density at radius 1 is 0.328 bits per heavy atom. The van der Waals surface area contributed by atoms with Crippen LogP contribution in [0.25, 0.3) is 166 Å². The van der Waals surface area contributed by atoms with Crippen LogP contribution in [-0.4, -0.2) is 28.2 Å². The summed E-state index contributed by atoms with van der Waals surface area (Å²) in [7, 11) is 0. The topological polar surface area (TPSA) is 71.7 Å². The maximum Gasteiger partial charge on any atom is 0.268 e. The molecule has 0 bridgehead atoms. The van der Waals surface area contributed by atoms with Crippen molar-refractivity contribution in [3.8, 4) is 102 Å². The second kappa shape index (κ2) is 33.2. The zero-order valence-corrected chi connectivity index (χ0v) is 70.7. The molecule has 122 heavy (non-hydrogen) atoms. The Morgan fingerprint density at radius 3 is 1.09 bits per heavy atom. The van der Waals surface area contributed by atoms with E-state index in [2.05, 4.69) is 271 Å². The Morgan fingerprint density at radius 2 is 0.680 bits per heavy atom. The van der Waals surface area contributed by atoms with Crippen molar-refractivity contribution in [2.24, 2.45) is 0 Å². The largest absolute Gasteiger partial charge is 0.503 e. The SMILES string of the molecule is CC(C)c1ccc2c(-c3[c-]c(Oc4[c-]c(-n5[c-][n+](-c6c(-n7c8ccccc8c8ccccc87)cccc6-n6c7ccccc7c7ccccc76)c6ccccc65)ccc4)ccc3)nccc2c1.[2H]c1c([2H])c([2H])c(-c2cccc(-c3c([2H])c([2H])c([2H])c([2H])c3[2H])c2-[n+]2[c-]n(-c3[c-]c(Oc4[c-]c(-c5nccc6cc(C(C)C)ccc56)ccc4)ccc3)c3ccccc32)c([2H])c1[2H].[Pt].[Pt]. The molecule has 0 aliphatic rings. The van der Waals surface area contributed by atoms with E-state index < -0.39 is 60.4 Å². The number of nitrogens with zero attached hydrogens (tertiary/aromatic N) is 8. The predicted octanol–water partition coefficient (Wildman–Crippen LogP) is 26.4. The van der Waals surface area contributed by atoms with Crippen molar-refractivity contribution in [3.05, 3.63) is 424 Å². The molecule has 0 fully saturated rings. The van der Waals surface area contributed by atoms with E-state index in [1.54, 1.807) is 63.9 Å². The summed E-state index contributed by atoms with van der Waals surface area (Å²) in [6.45, 7) is 8.76. The zero-order chi connectivity index (χ0) is 89.0. The van der Waals surface area contributed by atoms with Crippen molar-refractivity contribution in [1.29, 1.82) is 0 Å². The van der Waals surface area contributed by atoms with E-state index >= 15 is 0 Å². The van der Waals surface area contributed by atoms with E-state index in [1.165, 1.54) is 32.7 Å². The molecular weight excluding hydrogens is 1860 g/mol. The summed E-state index contributed by atoms with van der Waals surface area (Å²) in [5.41, 5.74) is 17.9. The van der Waals surface area contributed by atoms with Crippen molar-refractivity contribution < 1.29 is 74.4 Å². The van der Waals surface area contributed by atoms with E-state index in [9.17, 15) is 0 Å². The third-order valence-electron chi connectivity index (χ3n) is 22.2. The Balaban J connectivity index is 0.000000168. The first-order chi connectivity index (χ1) is 63.3. The fourth-order valence-electron chi connectivity index (χ4n) is 16.6. The van der Waals surface area contributed by atoms with E-state index in [4.69, 9.17) is 33.1 Å². The number of aromatic nitrogens is 8. The summed E-state index contributed by atoms with van der Waals surface area (Å²) in [6.07, 6.45) is 10.9. The van der Waals surface area contributed by atoms with Gasteiger partial charge >= 0.3 is 0 Å². The summed E-state index contributed by atoms with van der Waals surface area (Å²) in [5, 5.41) is 9.11. The molecule has 22 rings (SSSR count). The van der Waals surface area contributed by atoms with Crippen LogP contribution in [0.4, 0.5) is 0 Å². The van der Waals surface area contributed by atoms with Gasteiger partial charge in [-0.15, -0.1) is 71.8 Å². The standard InChI is InChI=1S/C61H41N5O.C49H35N3O.2Pt/c1-40(2)41-32-33-47-42(36-41)34-35-62-60(47)43-16-13-18-45(37-43)67-46-19-14-17-44(38-46)63-39-64(57-29-12-11-28-56(57)63)61-58(65-52-24-7-3-20-48(52)49-21-4-8-25-53(49)65)30-15-31-59(61)66-54-26-9-5-22-50(54)51-23-6-10-27-55(51)66;1-34(2)37-26-27-43-38(30-37)28-29-50-48(43)39-18-11-20-41(31-39)53-42-21-12-19-40(32-42)51-33-52(47-25-10-9-24-46(47)51)49-44(35-14-5-3-6-15-35)22-13-23-45(49)36-16-7-4-8-17-36;;/h3-36,40H,1-2H3;3-30,34H,1-2H3;;/q2*-2;;/i;3D,4D,5D,6D,7D,8D,14D,15D,16D,17D;;. The second-order valence-corrected chi connectivity index (χ2v) is 30.1. The van der Waals surface area contributed by atoms with Gasteiger partial charge in [-0.05, 0) is 138 Å². The monoisotopic (exact) mass is 1940 g/mol. The molecule has 0 unspecified atom stereocenters. The van der Waals surface area contributed by atoms with E-state index in [0.29, 0.717) is 51.6 Å². The van der Waals surface area contributed by atoms with Gasteiger partial charge in [0.25, 0.3) is 12.7 Å². The van der Waals surface area contributed by atoms with Gasteiger partial charge in [0.2, 0.25) is 0 Å². The van der Waals surface area contributed by atoms with Gasteiger partial charge < -0.3 is 37.7 Å². The summed E-state index contributed by atoms with van der Waals surface area (Å²) in [5.74, 6) is 2.77. The number of imidazole rings is 2. The smallest absolute Gasteiger partial charge is 0.268 e. The van der Waals surface area contributed by atoms with Crippen molar-refractivity contribution in [3.63, 3.8) is 0 Å². The Kier molecular flexibility index (Phi) is 18.2. The molecule has 592 valence electrons. The second-order valence-electron chi connectivity index (χ2n) is 30.1. The van der Waals surface area contributed by atoms with Gasteiger partial charge in [0.05, 0.1) is 74.9 Å². The number of para-hydroxylation sites is 10. The van der Waals surface area contributed by atoms with Crippen LogP contribution in [0.3, 0.4) is 0 Å². The van der Waals surface area contributed by atoms with E-state index in [1.807, 2.05) is 72.9 Å². The van der Waals surface area contributed by atoms with Crippen LogP contribution in [-0.2, 0) is 42.1 Å². The molecular formula is C110H76N8O2Pt2-4. The first-order valence-corrected chi connectivity index (χ1v) is 39.8. The number of hydrogen-bond acceptors (Lipinski definition) is 4. The van der Waals surface area contributed by atoms with Gasteiger partial charge in [0.15, 0.2) is 0 Å². The number of rotatable bonds is 16. The molecule has 6 aromatic heterocycles. The van der Waals surface area contributed by atoms with Gasteiger partial charge in [0.1, 0.15) is 5.69 Å². The minimum Gasteiger partial charge on any atom is -0.503 e. The maximum absolute atomic E-state index is 8.94.